The van der Waals surface area contributed by atoms with Gasteiger partial charge in [0.2, 0.25) is 0 Å². The van der Waals surface area contributed by atoms with Crippen molar-refractivity contribution in [2.75, 3.05) is 0 Å². The van der Waals surface area contributed by atoms with Crippen LogP contribution < -0.4 is 0 Å². The number of benzene rings is 1. The standard InChI is InChI=1S/C17H22ClFO2/c1-10(20)6-7-13(11(2)21)16-14(18)8-12(9-15(16)19)17(3,4)5/h8-9,13H,6-7H2,1-5H3. The van der Waals surface area contributed by atoms with Crippen molar-refractivity contribution in [1.29, 1.82) is 0 Å². The van der Waals surface area contributed by atoms with Gasteiger partial charge in [-0.1, -0.05) is 32.4 Å². The zero-order valence-corrected chi connectivity index (χ0v) is 14.0. The minimum atomic E-state index is -0.671. The highest BCUT2D eigenvalue weighted by Gasteiger charge is 2.26. The minimum Gasteiger partial charge on any atom is -0.300 e. The van der Waals surface area contributed by atoms with E-state index in [9.17, 15) is 14.0 Å². The molecule has 0 aliphatic heterocycles. The second-order valence-corrected chi connectivity index (χ2v) is 6.91. The summed E-state index contributed by atoms with van der Waals surface area (Å²) >= 11 is 6.22. The van der Waals surface area contributed by atoms with Crippen LogP contribution in [0.5, 0.6) is 0 Å². The predicted octanol–water partition coefficient (Wildman–Crippen LogP) is 4.82. The highest BCUT2D eigenvalue weighted by molar-refractivity contribution is 6.31. The van der Waals surface area contributed by atoms with Gasteiger partial charge in [0, 0.05) is 22.9 Å². The first-order chi connectivity index (χ1) is 9.54. The van der Waals surface area contributed by atoms with Gasteiger partial charge in [0.05, 0.1) is 0 Å². The molecule has 21 heavy (non-hydrogen) atoms. The molecule has 1 rings (SSSR count). The van der Waals surface area contributed by atoms with E-state index in [0.717, 1.165) is 5.56 Å². The first-order valence-electron chi connectivity index (χ1n) is 7.03. The molecule has 4 heteroatoms. The van der Waals surface area contributed by atoms with E-state index < -0.39 is 11.7 Å². The smallest absolute Gasteiger partial charge is 0.137 e. The lowest BCUT2D eigenvalue weighted by atomic mass is 9.83. The number of carbonyl (C=O) groups excluding carboxylic acids is 2. The number of rotatable bonds is 5. The summed E-state index contributed by atoms with van der Waals surface area (Å²) in [5, 5.41) is 0.253. The van der Waals surface area contributed by atoms with Gasteiger partial charge in [-0.25, -0.2) is 4.39 Å². The first kappa shape index (κ1) is 17.8. The molecule has 0 aliphatic rings. The Kier molecular flexibility index (Phi) is 5.68. The third-order valence-electron chi connectivity index (χ3n) is 3.57. The van der Waals surface area contributed by atoms with Crippen LogP contribution in [0.2, 0.25) is 5.02 Å². The van der Waals surface area contributed by atoms with Crippen LogP contribution in [0.15, 0.2) is 12.1 Å². The minimum absolute atomic E-state index is 0.0240. The van der Waals surface area contributed by atoms with E-state index in [1.54, 1.807) is 6.07 Å². The molecule has 0 aromatic heterocycles. The van der Waals surface area contributed by atoms with Crippen molar-refractivity contribution in [3.05, 3.63) is 34.1 Å². The second kappa shape index (κ2) is 6.69. The fourth-order valence-electron chi connectivity index (χ4n) is 2.25. The maximum Gasteiger partial charge on any atom is 0.137 e. The Morgan fingerprint density at radius 3 is 2.19 bits per heavy atom. The van der Waals surface area contributed by atoms with Crippen molar-refractivity contribution in [2.24, 2.45) is 0 Å². The lowest BCUT2D eigenvalue weighted by Crippen LogP contribution is -2.16. The summed E-state index contributed by atoms with van der Waals surface area (Å²) in [7, 11) is 0. The lowest BCUT2D eigenvalue weighted by Gasteiger charge is -2.23. The van der Waals surface area contributed by atoms with Gasteiger partial charge in [-0.05, 0) is 43.4 Å². The predicted molar refractivity (Wildman–Crippen MR) is 83.4 cm³/mol. The van der Waals surface area contributed by atoms with Crippen LogP contribution in [0.4, 0.5) is 4.39 Å². The molecule has 0 N–H and O–H groups in total. The number of carbonyl (C=O) groups is 2. The second-order valence-electron chi connectivity index (χ2n) is 6.51. The molecule has 0 saturated heterocycles. The van der Waals surface area contributed by atoms with Crippen molar-refractivity contribution in [1.82, 2.24) is 0 Å². The third-order valence-corrected chi connectivity index (χ3v) is 3.88. The van der Waals surface area contributed by atoms with Crippen LogP contribution >= 0.6 is 11.6 Å². The van der Waals surface area contributed by atoms with Gasteiger partial charge in [0.15, 0.2) is 0 Å². The Labute approximate surface area is 130 Å². The first-order valence-corrected chi connectivity index (χ1v) is 7.41. The fourth-order valence-corrected chi connectivity index (χ4v) is 2.59. The average Bonchev–Trinajstić information content (AvgIpc) is 2.30. The topological polar surface area (TPSA) is 34.1 Å². The summed E-state index contributed by atoms with van der Waals surface area (Å²) in [6.45, 7) is 8.76. The summed E-state index contributed by atoms with van der Waals surface area (Å²) in [5.41, 5.74) is 0.759. The van der Waals surface area contributed by atoms with Crippen LogP contribution in [0.1, 0.15) is 64.5 Å². The van der Waals surface area contributed by atoms with Gasteiger partial charge in [-0.2, -0.15) is 0 Å². The van der Waals surface area contributed by atoms with Crippen molar-refractivity contribution in [3.63, 3.8) is 0 Å². The third kappa shape index (κ3) is 4.63. The van der Waals surface area contributed by atoms with Crippen LogP contribution in [0, 0.1) is 5.82 Å². The molecule has 0 bridgehead atoms. The molecule has 0 fully saturated rings. The number of Topliss-reactive ketones (excluding diaryl/α,β-unsaturated/α-hetero) is 2. The zero-order valence-electron chi connectivity index (χ0n) is 13.2. The molecule has 1 aromatic rings. The number of hydrogen-bond acceptors (Lipinski definition) is 2. The van der Waals surface area contributed by atoms with Crippen LogP contribution in [0.25, 0.3) is 0 Å². The van der Waals surface area contributed by atoms with Crippen LogP contribution in [0.3, 0.4) is 0 Å². The Morgan fingerprint density at radius 2 is 1.81 bits per heavy atom. The maximum atomic E-state index is 14.5. The molecule has 0 amide bonds. The average molecular weight is 313 g/mol. The van der Waals surface area contributed by atoms with Crippen LogP contribution in [-0.4, -0.2) is 11.6 Å². The molecule has 0 saturated carbocycles. The van der Waals surface area contributed by atoms with Crippen molar-refractivity contribution < 1.29 is 14.0 Å². The summed E-state index contributed by atoms with van der Waals surface area (Å²) in [5.74, 6) is -1.35. The number of halogens is 2. The van der Waals surface area contributed by atoms with Crippen molar-refractivity contribution in [3.8, 4) is 0 Å². The Bertz CT molecular complexity index is 535. The van der Waals surface area contributed by atoms with Crippen LogP contribution in [-0.2, 0) is 15.0 Å². The van der Waals surface area contributed by atoms with Gasteiger partial charge in [-0.15, -0.1) is 0 Å². The van der Waals surface area contributed by atoms with Gasteiger partial charge in [0.1, 0.15) is 17.4 Å². The molecule has 0 spiro atoms. The van der Waals surface area contributed by atoms with E-state index in [0.29, 0.717) is 0 Å². The van der Waals surface area contributed by atoms with E-state index in [1.807, 2.05) is 20.8 Å². The Hall–Kier alpha value is -1.22. The number of ketones is 2. The summed E-state index contributed by atoms with van der Waals surface area (Å²) in [4.78, 5) is 22.9. The van der Waals surface area contributed by atoms with Gasteiger partial charge in [0.25, 0.3) is 0 Å². The van der Waals surface area contributed by atoms with Gasteiger partial charge in [-0.3, -0.25) is 4.79 Å². The Morgan fingerprint density at radius 1 is 1.24 bits per heavy atom. The molecule has 0 aliphatic carbocycles. The quantitative estimate of drug-likeness (QED) is 0.781. The van der Waals surface area contributed by atoms with Crippen molar-refractivity contribution in [2.45, 2.75) is 58.8 Å². The molecule has 2 nitrogen and oxygen atoms in total. The van der Waals surface area contributed by atoms with E-state index in [2.05, 4.69) is 0 Å². The molecule has 0 heterocycles. The lowest BCUT2D eigenvalue weighted by molar-refractivity contribution is -0.119. The summed E-state index contributed by atoms with van der Waals surface area (Å²) in [6, 6.07) is 3.15. The van der Waals surface area contributed by atoms with E-state index in [4.69, 9.17) is 11.6 Å². The highest BCUT2D eigenvalue weighted by atomic mass is 35.5. The van der Waals surface area contributed by atoms with E-state index in [1.165, 1.54) is 19.9 Å². The number of hydrogen-bond donors (Lipinski definition) is 0. The maximum absolute atomic E-state index is 14.5. The SMILES string of the molecule is CC(=O)CCC(C(C)=O)c1c(F)cc(C(C)(C)C)cc1Cl. The summed E-state index contributed by atoms with van der Waals surface area (Å²) < 4.78 is 14.5. The van der Waals surface area contributed by atoms with Gasteiger partial charge < -0.3 is 4.79 Å². The zero-order chi connectivity index (χ0) is 16.4. The molecular formula is C17H22ClFO2. The summed E-state index contributed by atoms with van der Waals surface area (Å²) in [6.07, 6.45) is 0.525. The molecule has 0 radical (unpaired) electrons. The Balaban J connectivity index is 3.27. The molecule has 1 aromatic carbocycles. The van der Waals surface area contributed by atoms with E-state index >= 15 is 0 Å². The highest BCUT2D eigenvalue weighted by Crippen LogP contribution is 2.35. The molecule has 1 unspecified atom stereocenters. The fraction of sp³-hybridized carbons (Fsp3) is 0.529. The molecular weight excluding hydrogens is 291 g/mol. The monoisotopic (exact) mass is 312 g/mol. The largest absolute Gasteiger partial charge is 0.300 e. The van der Waals surface area contributed by atoms with Crippen molar-refractivity contribution >= 4 is 23.2 Å². The van der Waals surface area contributed by atoms with E-state index in [-0.39, 0.29) is 40.4 Å². The van der Waals surface area contributed by atoms with Gasteiger partial charge >= 0.3 is 0 Å². The normalized spacial score (nSPS) is 13.1. The molecule has 116 valence electrons. The molecule has 1 atom stereocenters.